The molecule has 0 fully saturated rings. The van der Waals surface area contributed by atoms with Crippen LogP contribution in [-0.4, -0.2) is 25.5 Å². The fraction of sp³-hybridized carbons (Fsp3) is 0.200. The fourth-order valence-corrected chi connectivity index (χ4v) is 3.15. The summed E-state index contributed by atoms with van der Waals surface area (Å²) in [5.74, 6) is 1.18. The van der Waals surface area contributed by atoms with Crippen molar-refractivity contribution in [3.63, 3.8) is 0 Å². The van der Waals surface area contributed by atoms with Crippen molar-refractivity contribution in [1.82, 2.24) is 19.6 Å². The molecule has 112 valence electrons. The molecule has 2 heterocycles. The summed E-state index contributed by atoms with van der Waals surface area (Å²) in [6.07, 6.45) is 0. The van der Waals surface area contributed by atoms with Crippen LogP contribution in [0.15, 0.2) is 35.5 Å². The number of benzene rings is 1. The average molecular weight is 313 g/mol. The highest BCUT2D eigenvalue weighted by atomic mass is 32.2. The van der Waals surface area contributed by atoms with Gasteiger partial charge in [0.15, 0.2) is 10.8 Å². The molecule has 2 aromatic heterocycles. The van der Waals surface area contributed by atoms with Gasteiger partial charge in [-0.25, -0.2) is 4.98 Å². The second-order valence-corrected chi connectivity index (χ2v) is 5.91. The minimum atomic E-state index is -0.417. The first-order valence-electron chi connectivity index (χ1n) is 6.75. The summed E-state index contributed by atoms with van der Waals surface area (Å²) >= 11 is 1.58. The fourth-order valence-electron chi connectivity index (χ4n) is 2.21. The lowest BCUT2D eigenvalue weighted by Gasteiger charge is -2.04. The number of hydrogen-bond donors (Lipinski definition) is 1. The molecule has 1 aromatic carbocycles. The average Bonchev–Trinajstić information content (AvgIpc) is 2.88. The maximum absolute atomic E-state index is 11.1. The molecule has 6 nitrogen and oxygen atoms in total. The number of nitrogens with two attached hydrogens (primary N) is 1. The highest BCUT2D eigenvalue weighted by Crippen LogP contribution is 2.23. The predicted molar refractivity (Wildman–Crippen MR) is 84.8 cm³/mol. The smallest absolute Gasteiger partial charge is 0.248 e. The van der Waals surface area contributed by atoms with E-state index in [-0.39, 0.29) is 0 Å². The van der Waals surface area contributed by atoms with E-state index in [0.717, 1.165) is 33.6 Å². The normalized spacial score (nSPS) is 11.0. The molecule has 7 heteroatoms. The molecule has 3 aromatic rings. The predicted octanol–water partition coefficient (Wildman–Crippen LogP) is 2.13. The van der Waals surface area contributed by atoms with Gasteiger partial charge < -0.3 is 5.73 Å². The molecule has 0 aliphatic carbocycles. The largest absolute Gasteiger partial charge is 0.366 e. The molecule has 0 saturated carbocycles. The molecule has 0 spiro atoms. The summed E-state index contributed by atoms with van der Waals surface area (Å²) in [5.41, 5.74) is 8.56. The Balaban J connectivity index is 1.80. The van der Waals surface area contributed by atoms with Crippen molar-refractivity contribution in [2.24, 2.45) is 5.73 Å². The van der Waals surface area contributed by atoms with Crippen molar-refractivity contribution >= 4 is 23.3 Å². The number of thioether (sulfide) groups is 1. The molecular formula is C15H15N5OS. The van der Waals surface area contributed by atoms with E-state index in [2.05, 4.69) is 15.2 Å². The Morgan fingerprint density at radius 2 is 1.95 bits per heavy atom. The van der Waals surface area contributed by atoms with Crippen molar-refractivity contribution in [3.8, 4) is 0 Å². The number of aromatic nitrogens is 4. The third kappa shape index (κ3) is 2.80. The summed E-state index contributed by atoms with van der Waals surface area (Å²) in [6, 6.07) is 9.16. The highest BCUT2D eigenvalue weighted by Gasteiger charge is 2.10. The minimum Gasteiger partial charge on any atom is -0.366 e. The van der Waals surface area contributed by atoms with Crippen LogP contribution in [0.3, 0.4) is 0 Å². The van der Waals surface area contributed by atoms with Crippen molar-refractivity contribution in [3.05, 3.63) is 53.0 Å². The van der Waals surface area contributed by atoms with Gasteiger partial charge in [0.25, 0.3) is 0 Å². The molecule has 0 bridgehead atoms. The van der Waals surface area contributed by atoms with Gasteiger partial charge >= 0.3 is 0 Å². The second kappa shape index (κ2) is 5.76. The molecule has 1 amide bonds. The van der Waals surface area contributed by atoms with Crippen LogP contribution in [0, 0.1) is 13.8 Å². The second-order valence-electron chi connectivity index (χ2n) is 4.97. The van der Waals surface area contributed by atoms with Crippen LogP contribution in [0.25, 0.3) is 5.65 Å². The van der Waals surface area contributed by atoms with Gasteiger partial charge in [-0.05, 0) is 31.5 Å². The first-order chi connectivity index (χ1) is 10.5. The van der Waals surface area contributed by atoms with Crippen molar-refractivity contribution in [2.75, 3.05) is 0 Å². The number of nitrogens with zero attached hydrogens (tertiary/aromatic N) is 4. The Kier molecular flexibility index (Phi) is 3.81. The third-order valence-corrected chi connectivity index (χ3v) is 4.26. The van der Waals surface area contributed by atoms with E-state index in [1.165, 1.54) is 0 Å². The number of carbonyl (C=O) groups is 1. The van der Waals surface area contributed by atoms with Crippen LogP contribution in [0.2, 0.25) is 0 Å². The van der Waals surface area contributed by atoms with E-state index in [1.54, 1.807) is 23.9 Å². The molecule has 0 aliphatic rings. The van der Waals surface area contributed by atoms with E-state index in [0.29, 0.717) is 5.56 Å². The van der Waals surface area contributed by atoms with Crippen molar-refractivity contribution in [2.45, 2.75) is 24.8 Å². The Labute approximate surface area is 131 Å². The van der Waals surface area contributed by atoms with E-state index in [1.807, 2.05) is 36.4 Å². The number of fused-ring (bicyclic) bond motifs is 1. The molecule has 22 heavy (non-hydrogen) atoms. The number of hydrogen-bond acceptors (Lipinski definition) is 5. The lowest BCUT2D eigenvalue weighted by Crippen LogP contribution is -2.10. The van der Waals surface area contributed by atoms with Crippen LogP contribution in [0.1, 0.15) is 27.4 Å². The maximum Gasteiger partial charge on any atom is 0.248 e. The van der Waals surface area contributed by atoms with Crippen LogP contribution < -0.4 is 5.73 Å². The monoisotopic (exact) mass is 313 g/mol. The van der Waals surface area contributed by atoms with Crippen LogP contribution >= 0.6 is 11.8 Å². The maximum atomic E-state index is 11.1. The van der Waals surface area contributed by atoms with E-state index in [4.69, 9.17) is 5.73 Å². The zero-order valence-electron chi connectivity index (χ0n) is 12.3. The molecule has 0 atom stereocenters. The van der Waals surface area contributed by atoms with Crippen molar-refractivity contribution in [1.29, 1.82) is 0 Å². The molecular weight excluding hydrogens is 298 g/mol. The van der Waals surface area contributed by atoms with Crippen molar-refractivity contribution < 1.29 is 4.79 Å². The zero-order chi connectivity index (χ0) is 15.7. The molecule has 3 rings (SSSR count). The van der Waals surface area contributed by atoms with E-state index >= 15 is 0 Å². The SMILES string of the molecule is Cc1cc2nnc(SCc3ccc(C(N)=O)cc3)n2c(C)n1. The Morgan fingerprint density at radius 3 is 2.64 bits per heavy atom. The number of carbonyl (C=O) groups excluding carboxylic acids is 1. The van der Waals surface area contributed by atoms with Gasteiger partial charge in [-0.1, -0.05) is 23.9 Å². The number of amides is 1. The van der Waals surface area contributed by atoms with Gasteiger partial charge in [0.05, 0.1) is 0 Å². The Morgan fingerprint density at radius 1 is 1.23 bits per heavy atom. The number of rotatable bonds is 4. The van der Waals surface area contributed by atoms with E-state index < -0.39 is 5.91 Å². The van der Waals surface area contributed by atoms with Gasteiger partial charge in [-0.2, -0.15) is 0 Å². The summed E-state index contributed by atoms with van der Waals surface area (Å²) in [6.45, 7) is 3.88. The standard InChI is InChI=1S/C15H15N5OS/c1-9-7-13-18-19-15(20(13)10(2)17-9)22-8-11-3-5-12(6-4-11)14(16)21/h3-7H,8H2,1-2H3,(H2,16,21). The van der Waals surface area contributed by atoms with Gasteiger partial charge in [-0.3, -0.25) is 9.20 Å². The summed E-state index contributed by atoms with van der Waals surface area (Å²) in [7, 11) is 0. The Hall–Kier alpha value is -2.41. The van der Waals surface area contributed by atoms with Gasteiger partial charge in [0.2, 0.25) is 5.91 Å². The molecule has 0 aliphatic heterocycles. The summed E-state index contributed by atoms with van der Waals surface area (Å²) in [5, 5.41) is 9.21. The molecule has 2 N–H and O–H groups in total. The topological polar surface area (TPSA) is 86.2 Å². The lowest BCUT2D eigenvalue weighted by atomic mass is 10.1. The first kappa shape index (κ1) is 14.5. The summed E-state index contributed by atoms with van der Waals surface area (Å²) in [4.78, 5) is 15.5. The number of primary amides is 1. The quantitative estimate of drug-likeness (QED) is 0.746. The Bertz CT molecular complexity index is 841. The minimum absolute atomic E-state index is 0.417. The molecule has 0 radical (unpaired) electrons. The molecule has 0 saturated heterocycles. The highest BCUT2D eigenvalue weighted by molar-refractivity contribution is 7.98. The van der Waals surface area contributed by atoms with Gasteiger partial charge in [0.1, 0.15) is 5.82 Å². The third-order valence-electron chi connectivity index (χ3n) is 3.26. The van der Waals surface area contributed by atoms with Crippen LogP contribution in [-0.2, 0) is 5.75 Å². The van der Waals surface area contributed by atoms with Crippen LogP contribution in [0.5, 0.6) is 0 Å². The first-order valence-corrected chi connectivity index (χ1v) is 7.74. The zero-order valence-corrected chi connectivity index (χ0v) is 13.1. The molecule has 0 unspecified atom stereocenters. The lowest BCUT2D eigenvalue weighted by molar-refractivity contribution is 0.100. The van der Waals surface area contributed by atoms with Gasteiger partial charge in [-0.15, -0.1) is 10.2 Å². The van der Waals surface area contributed by atoms with Gasteiger partial charge in [0, 0.05) is 23.1 Å². The summed E-state index contributed by atoms with van der Waals surface area (Å²) < 4.78 is 1.94. The van der Waals surface area contributed by atoms with Crippen LogP contribution in [0.4, 0.5) is 0 Å². The van der Waals surface area contributed by atoms with E-state index in [9.17, 15) is 4.79 Å². The number of aryl methyl sites for hydroxylation is 2.